The fourth-order valence-corrected chi connectivity index (χ4v) is 5.29. The van der Waals surface area contributed by atoms with Crippen molar-refractivity contribution < 1.29 is 9.18 Å². The fraction of sp³-hybridized carbons (Fsp3) is 0.290. The van der Waals surface area contributed by atoms with E-state index in [0.29, 0.717) is 11.5 Å². The Bertz CT molecular complexity index is 1350. The standard InChI is InChI=1S/C31H31FN2O/c1-3-21-5-7-22(8-6-21)23-9-11-24(12-10-23)25-13-14-26-27(16-17-33-30(26)19-25)31(35)34-29-15-4-20(2)18-28(29)32/h4,9-19,21-22H,3,5-8H2,1-2H3,(H,34,35). The average Bonchev–Trinajstić information content (AvgIpc) is 2.89. The highest BCUT2D eigenvalue weighted by Crippen LogP contribution is 2.37. The third-order valence-corrected chi connectivity index (χ3v) is 7.50. The number of aryl methyl sites for hydroxylation is 1. The summed E-state index contributed by atoms with van der Waals surface area (Å²) in [6, 6.07) is 21.3. The highest BCUT2D eigenvalue weighted by Gasteiger charge is 2.21. The van der Waals surface area contributed by atoms with Crippen LogP contribution in [0, 0.1) is 18.7 Å². The summed E-state index contributed by atoms with van der Waals surface area (Å²) in [6.45, 7) is 4.12. The summed E-state index contributed by atoms with van der Waals surface area (Å²) in [5.41, 5.74) is 5.82. The van der Waals surface area contributed by atoms with E-state index in [1.54, 1.807) is 24.4 Å². The van der Waals surface area contributed by atoms with E-state index in [1.807, 2.05) is 25.1 Å². The first-order valence-electron chi connectivity index (χ1n) is 12.6. The first-order chi connectivity index (χ1) is 17.0. The quantitative estimate of drug-likeness (QED) is 0.321. The molecule has 4 heteroatoms. The second-order valence-corrected chi connectivity index (χ2v) is 9.78. The highest BCUT2D eigenvalue weighted by molar-refractivity contribution is 6.12. The molecule has 4 aromatic rings. The van der Waals surface area contributed by atoms with Crippen LogP contribution in [-0.4, -0.2) is 10.9 Å². The van der Waals surface area contributed by atoms with Gasteiger partial charge >= 0.3 is 0 Å². The van der Waals surface area contributed by atoms with Crippen molar-refractivity contribution in [2.24, 2.45) is 5.92 Å². The number of hydrogen-bond acceptors (Lipinski definition) is 2. The third kappa shape index (κ3) is 4.97. The lowest BCUT2D eigenvalue weighted by molar-refractivity contribution is 0.102. The maximum atomic E-state index is 14.2. The first kappa shape index (κ1) is 23.2. The number of anilines is 1. The fourth-order valence-electron chi connectivity index (χ4n) is 5.29. The predicted molar refractivity (Wildman–Crippen MR) is 141 cm³/mol. The molecular weight excluding hydrogens is 435 g/mol. The van der Waals surface area contributed by atoms with Crippen LogP contribution in [0.5, 0.6) is 0 Å². The summed E-state index contributed by atoms with van der Waals surface area (Å²) >= 11 is 0. The van der Waals surface area contributed by atoms with Crippen molar-refractivity contribution in [3.05, 3.63) is 95.4 Å². The van der Waals surface area contributed by atoms with Gasteiger partial charge in [0.1, 0.15) is 5.82 Å². The molecular formula is C31H31FN2O. The Morgan fingerprint density at radius 2 is 1.69 bits per heavy atom. The molecule has 1 aliphatic carbocycles. The van der Waals surface area contributed by atoms with Gasteiger partial charge in [0, 0.05) is 11.6 Å². The Morgan fingerprint density at radius 1 is 0.943 bits per heavy atom. The molecule has 3 aromatic carbocycles. The first-order valence-corrected chi connectivity index (χ1v) is 12.6. The van der Waals surface area contributed by atoms with Crippen molar-refractivity contribution in [2.45, 2.75) is 51.9 Å². The van der Waals surface area contributed by atoms with Gasteiger partial charge < -0.3 is 5.32 Å². The minimum absolute atomic E-state index is 0.172. The van der Waals surface area contributed by atoms with Crippen LogP contribution in [-0.2, 0) is 0 Å². The van der Waals surface area contributed by atoms with Crippen LogP contribution in [0.15, 0.2) is 72.9 Å². The Labute approximate surface area is 206 Å². The van der Waals surface area contributed by atoms with E-state index < -0.39 is 5.82 Å². The molecule has 5 rings (SSSR count). The molecule has 3 nitrogen and oxygen atoms in total. The average molecular weight is 467 g/mol. The molecule has 35 heavy (non-hydrogen) atoms. The molecule has 0 aliphatic heterocycles. The summed E-state index contributed by atoms with van der Waals surface area (Å²) < 4.78 is 14.2. The van der Waals surface area contributed by atoms with E-state index in [4.69, 9.17) is 0 Å². The predicted octanol–water partition coefficient (Wildman–Crippen LogP) is 8.29. The summed E-state index contributed by atoms with van der Waals surface area (Å²) in [5.74, 6) is 0.777. The van der Waals surface area contributed by atoms with E-state index in [1.165, 1.54) is 43.7 Å². The summed E-state index contributed by atoms with van der Waals surface area (Å²) in [6.07, 6.45) is 8.18. The molecule has 0 saturated heterocycles. The van der Waals surface area contributed by atoms with Gasteiger partial charge in [-0.3, -0.25) is 9.78 Å². The molecule has 0 spiro atoms. The molecule has 1 amide bonds. The molecule has 1 N–H and O–H groups in total. The van der Waals surface area contributed by atoms with Crippen molar-refractivity contribution >= 4 is 22.5 Å². The van der Waals surface area contributed by atoms with Crippen molar-refractivity contribution in [3.8, 4) is 11.1 Å². The summed E-state index contributed by atoms with van der Waals surface area (Å²) in [7, 11) is 0. The number of aromatic nitrogens is 1. The van der Waals surface area contributed by atoms with Gasteiger partial charge in [0.25, 0.3) is 5.91 Å². The number of carbonyl (C=O) groups excluding carboxylic acids is 1. The normalized spacial score (nSPS) is 17.9. The Kier molecular flexibility index (Phi) is 6.63. The zero-order valence-corrected chi connectivity index (χ0v) is 20.4. The number of pyridine rings is 1. The maximum absolute atomic E-state index is 14.2. The molecule has 178 valence electrons. The summed E-state index contributed by atoms with van der Waals surface area (Å²) in [5, 5.41) is 3.44. The smallest absolute Gasteiger partial charge is 0.256 e. The number of carbonyl (C=O) groups is 1. The second-order valence-electron chi connectivity index (χ2n) is 9.78. The Hall–Kier alpha value is -3.53. The van der Waals surface area contributed by atoms with Crippen LogP contribution >= 0.6 is 0 Å². The van der Waals surface area contributed by atoms with Gasteiger partial charge in [-0.25, -0.2) is 4.39 Å². The van der Waals surface area contributed by atoms with E-state index in [0.717, 1.165) is 33.5 Å². The molecule has 1 aromatic heterocycles. The van der Waals surface area contributed by atoms with E-state index in [2.05, 4.69) is 41.5 Å². The van der Waals surface area contributed by atoms with Crippen molar-refractivity contribution in [2.75, 3.05) is 5.32 Å². The Balaban J connectivity index is 1.36. The summed E-state index contributed by atoms with van der Waals surface area (Å²) in [4.78, 5) is 17.4. The molecule has 1 fully saturated rings. The number of hydrogen-bond donors (Lipinski definition) is 1. The minimum Gasteiger partial charge on any atom is -0.319 e. The number of benzene rings is 3. The highest BCUT2D eigenvalue weighted by atomic mass is 19.1. The zero-order valence-electron chi connectivity index (χ0n) is 20.4. The monoisotopic (exact) mass is 466 g/mol. The molecule has 0 bridgehead atoms. The number of nitrogens with zero attached hydrogens (tertiary/aromatic N) is 1. The number of amides is 1. The Morgan fingerprint density at radius 3 is 2.40 bits per heavy atom. The lowest BCUT2D eigenvalue weighted by Crippen LogP contribution is -2.13. The van der Waals surface area contributed by atoms with Crippen molar-refractivity contribution in [1.29, 1.82) is 0 Å². The largest absolute Gasteiger partial charge is 0.319 e. The zero-order chi connectivity index (χ0) is 24.4. The van der Waals surface area contributed by atoms with Crippen LogP contribution in [0.3, 0.4) is 0 Å². The SMILES string of the molecule is CCC1CCC(c2ccc(-c3ccc4c(C(=O)Nc5ccc(C)cc5F)ccnc4c3)cc2)CC1. The van der Waals surface area contributed by atoms with Gasteiger partial charge in [-0.2, -0.15) is 0 Å². The third-order valence-electron chi connectivity index (χ3n) is 7.50. The molecule has 1 heterocycles. The van der Waals surface area contributed by atoms with Crippen LogP contribution < -0.4 is 5.32 Å². The van der Waals surface area contributed by atoms with Crippen LogP contribution in [0.4, 0.5) is 10.1 Å². The molecule has 1 aliphatic rings. The van der Waals surface area contributed by atoms with Gasteiger partial charge in [-0.1, -0.05) is 55.8 Å². The molecule has 0 unspecified atom stereocenters. The van der Waals surface area contributed by atoms with Gasteiger partial charge in [0.2, 0.25) is 0 Å². The van der Waals surface area contributed by atoms with Crippen LogP contribution in [0.2, 0.25) is 0 Å². The molecule has 0 radical (unpaired) electrons. The van der Waals surface area contributed by atoms with Crippen LogP contribution in [0.25, 0.3) is 22.0 Å². The number of nitrogens with one attached hydrogen (secondary N) is 1. The lowest BCUT2D eigenvalue weighted by Gasteiger charge is -2.28. The van der Waals surface area contributed by atoms with Crippen LogP contribution in [0.1, 0.15) is 66.4 Å². The van der Waals surface area contributed by atoms with Gasteiger partial charge in [0.05, 0.1) is 16.8 Å². The maximum Gasteiger partial charge on any atom is 0.256 e. The number of rotatable bonds is 5. The van der Waals surface area contributed by atoms with Gasteiger partial charge in [0.15, 0.2) is 0 Å². The lowest BCUT2D eigenvalue weighted by atomic mass is 9.77. The van der Waals surface area contributed by atoms with E-state index in [-0.39, 0.29) is 11.6 Å². The van der Waals surface area contributed by atoms with Crippen molar-refractivity contribution in [1.82, 2.24) is 4.98 Å². The number of halogens is 1. The minimum atomic E-state index is -0.444. The topological polar surface area (TPSA) is 42.0 Å². The van der Waals surface area contributed by atoms with Crippen molar-refractivity contribution in [3.63, 3.8) is 0 Å². The molecule has 0 atom stereocenters. The van der Waals surface area contributed by atoms with E-state index >= 15 is 0 Å². The van der Waals surface area contributed by atoms with Gasteiger partial charge in [-0.15, -0.1) is 0 Å². The van der Waals surface area contributed by atoms with E-state index in [9.17, 15) is 9.18 Å². The number of fused-ring (bicyclic) bond motifs is 1. The second kappa shape index (κ2) is 9.99. The van der Waals surface area contributed by atoms with Gasteiger partial charge in [-0.05, 0) is 91.0 Å². The molecule has 1 saturated carbocycles.